The van der Waals surface area contributed by atoms with Crippen LogP contribution < -0.4 is 14.4 Å². The Morgan fingerprint density at radius 3 is 2.39 bits per heavy atom. The number of carbonyl (C=O) groups is 2. The molecule has 5 rings (SSSR count). The first-order chi connectivity index (χ1) is 20.0. The molecular weight excluding hydrogens is 518 g/mol. The molecule has 3 aromatic rings. The molecule has 0 N–H and O–H groups in total. The minimum atomic E-state index is -0.158. The van der Waals surface area contributed by atoms with Crippen molar-refractivity contribution in [2.24, 2.45) is 5.92 Å². The van der Waals surface area contributed by atoms with Crippen molar-refractivity contribution in [3.05, 3.63) is 66.2 Å². The topological polar surface area (TPSA) is 88.1 Å². The van der Waals surface area contributed by atoms with Crippen molar-refractivity contribution in [1.82, 2.24) is 20.0 Å². The molecule has 1 aliphatic heterocycles. The Labute approximate surface area is 242 Å². The van der Waals surface area contributed by atoms with Crippen LogP contribution in [-0.4, -0.2) is 78.8 Å². The van der Waals surface area contributed by atoms with Gasteiger partial charge in [0, 0.05) is 43.7 Å². The SMILES string of the molecule is COc1ccc(-c2ccc(N3CCCN(C(=O)CN(C(=O)C4CCC4)[C@H](C)c4ccccc4)CC3)nn2)c(OC)c1. The number of hydrogen-bond donors (Lipinski definition) is 0. The molecule has 1 aromatic heterocycles. The molecule has 2 heterocycles. The predicted octanol–water partition coefficient (Wildman–Crippen LogP) is 4.59. The van der Waals surface area contributed by atoms with E-state index in [0.29, 0.717) is 36.8 Å². The minimum absolute atomic E-state index is 0.00432. The summed E-state index contributed by atoms with van der Waals surface area (Å²) in [4.78, 5) is 32.8. The third kappa shape index (κ3) is 6.45. The molecule has 0 radical (unpaired) electrons. The second-order valence-corrected chi connectivity index (χ2v) is 10.7. The van der Waals surface area contributed by atoms with Crippen LogP contribution in [0.2, 0.25) is 0 Å². The van der Waals surface area contributed by atoms with Crippen molar-refractivity contribution >= 4 is 17.6 Å². The number of amides is 2. The summed E-state index contributed by atoms with van der Waals surface area (Å²) < 4.78 is 10.8. The zero-order valence-electron chi connectivity index (χ0n) is 24.2. The fourth-order valence-corrected chi connectivity index (χ4v) is 5.50. The largest absolute Gasteiger partial charge is 0.497 e. The molecule has 1 aliphatic carbocycles. The highest BCUT2D eigenvalue weighted by Crippen LogP contribution is 2.33. The predicted molar refractivity (Wildman–Crippen MR) is 158 cm³/mol. The number of anilines is 1. The lowest BCUT2D eigenvalue weighted by molar-refractivity contribution is -0.146. The second-order valence-electron chi connectivity index (χ2n) is 10.7. The molecule has 2 fully saturated rings. The van der Waals surface area contributed by atoms with Gasteiger partial charge in [-0.15, -0.1) is 10.2 Å². The summed E-state index contributed by atoms with van der Waals surface area (Å²) in [5, 5.41) is 8.98. The van der Waals surface area contributed by atoms with Crippen LogP contribution in [0.15, 0.2) is 60.7 Å². The Hall–Kier alpha value is -4.14. The van der Waals surface area contributed by atoms with E-state index in [0.717, 1.165) is 49.2 Å². The van der Waals surface area contributed by atoms with Gasteiger partial charge >= 0.3 is 0 Å². The van der Waals surface area contributed by atoms with E-state index in [1.165, 1.54) is 0 Å². The maximum absolute atomic E-state index is 13.5. The van der Waals surface area contributed by atoms with Crippen molar-refractivity contribution in [2.45, 2.75) is 38.6 Å². The van der Waals surface area contributed by atoms with Crippen LogP contribution in [0.25, 0.3) is 11.3 Å². The zero-order chi connectivity index (χ0) is 28.8. The van der Waals surface area contributed by atoms with Gasteiger partial charge in [-0.2, -0.15) is 0 Å². The van der Waals surface area contributed by atoms with E-state index in [1.54, 1.807) is 19.1 Å². The summed E-state index contributed by atoms with van der Waals surface area (Å²) in [5.74, 6) is 2.28. The van der Waals surface area contributed by atoms with Crippen LogP contribution in [0, 0.1) is 5.92 Å². The number of hydrogen-bond acceptors (Lipinski definition) is 7. The smallest absolute Gasteiger partial charge is 0.242 e. The van der Waals surface area contributed by atoms with Gasteiger partial charge in [-0.05, 0) is 56.0 Å². The molecule has 1 saturated heterocycles. The molecule has 2 aliphatic rings. The van der Waals surface area contributed by atoms with E-state index in [9.17, 15) is 9.59 Å². The molecule has 1 saturated carbocycles. The molecule has 9 heteroatoms. The lowest BCUT2D eigenvalue weighted by atomic mass is 9.84. The van der Waals surface area contributed by atoms with Gasteiger partial charge in [-0.1, -0.05) is 36.8 Å². The van der Waals surface area contributed by atoms with E-state index in [2.05, 4.69) is 15.1 Å². The van der Waals surface area contributed by atoms with Crippen LogP contribution in [-0.2, 0) is 9.59 Å². The molecule has 41 heavy (non-hydrogen) atoms. The first kappa shape index (κ1) is 28.4. The number of nitrogens with zero attached hydrogens (tertiary/aromatic N) is 5. The maximum Gasteiger partial charge on any atom is 0.242 e. The summed E-state index contributed by atoms with van der Waals surface area (Å²) in [5.41, 5.74) is 2.60. The van der Waals surface area contributed by atoms with E-state index >= 15 is 0 Å². The fraction of sp³-hybridized carbons (Fsp3) is 0.438. The van der Waals surface area contributed by atoms with Gasteiger partial charge in [0.2, 0.25) is 11.8 Å². The normalized spacial score (nSPS) is 16.4. The summed E-state index contributed by atoms with van der Waals surface area (Å²) >= 11 is 0. The summed E-state index contributed by atoms with van der Waals surface area (Å²) in [6, 6.07) is 19.3. The van der Waals surface area contributed by atoms with Crippen molar-refractivity contribution in [1.29, 1.82) is 0 Å². The Morgan fingerprint density at radius 2 is 1.73 bits per heavy atom. The number of ether oxygens (including phenoxy) is 2. The van der Waals surface area contributed by atoms with Crippen molar-refractivity contribution in [3.63, 3.8) is 0 Å². The average molecular weight is 558 g/mol. The van der Waals surface area contributed by atoms with Crippen LogP contribution in [0.4, 0.5) is 5.82 Å². The van der Waals surface area contributed by atoms with Crippen molar-refractivity contribution < 1.29 is 19.1 Å². The number of benzene rings is 2. The molecule has 0 unspecified atom stereocenters. The van der Waals surface area contributed by atoms with E-state index in [1.807, 2.05) is 72.5 Å². The van der Waals surface area contributed by atoms with E-state index < -0.39 is 0 Å². The van der Waals surface area contributed by atoms with Gasteiger partial charge in [-0.25, -0.2) is 0 Å². The Morgan fingerprint density at radius 1 is 0.927 bits per heavy atom. The first-order valence-corrected chi connectivity index (χ1v) is 14.4. The number of aromatic nitrogens is 2. The lowest BCUT2D eigenvalue weighted by Gasteiger charge is -2.36. The monoisotopic (exact) mass is 557 g/mol. The van der Waals surface area contributed by atoms with Gasteiger partial charge in [-0.3, -0.25) is 9.59 Å². The third-order valence-corrected chi connectivity index (χ3v) is 8.30. The highest BCUT2D eigenvalue weighted by molar-refractivity contribution is 5.86. The molecular formula is C32H39N5O4. The Kier molecular flexibility index (Phi) is 9.01. The van der Waals surface area contributed by atoms with Crippen LogP contribution in [0.5, 0.6) is 11.5 Å². The molecule has 1 atom stereocenters. The average Bonchev–Trinajstić information content (AvgIpc) is 3.25. The van der Waals surface area contributed by atoms with Crippen LogP contribution in [0.1, 0.15) is 44.2 Å². The molecule has 0 bridgehead atoms. The van der Waals surface area contributed by atoms with Gasteiger partial charge in [0.15, 0.2) is 5.82 Å². The highest BCUT2D eigenvalue weighted by atomic mass is 16.5. The maximum atomic E-state index is 13.5. The summed E-state index contributed by atoms with van der Waals surface area (Å²) in [6.45, 7) is 4.76. The molecule has 0 spiro atoms. The number of rotatable bonds is 9. The summed E-state index contributed by atoms with van der Waals surface area (Å²) in [6.07, 6.45) is 3.72. The summed E-state index contributed by atoms with van der Waals surface area (Å²) in [7, 11) is 3.24. The fourth-order valence-electron chi connectivity index (χ4n) is 5.50. The quantitative estimate of drug-likeness (QED) is 0.380. The first-order valence-electron chi connectivity index (χ1n) is 14.4. The van der Waals surface area contributed by atoms with Crippen molar-refractivity contribution in [2.75, 3.05) is 51.8 Å². The molecule has 2 amide bonds. The number of carbonyl (C=O) groups excluding carboxylic acids is 2. The van der Waals surface area contributed by atoms with E-state index in [-0.39, 0.29) is 30.3 Å². The minimum Gasteiger partial charge on any atom is -0.497 e. The van der Waals surface area contributed by atoms with Gasteiger partial charge in [0.05, 0.1) is 26.0 Å². The van der Waals surface area contributed by atoms with Crippen molar-refractivity contribution in [3.8, 4) is 22.8 Å². The van der Waals surface area contributed by atoms with Gasteiger partial charge in [0.1, 0.15) is 18.0 Å². The third-order valence-electron chi connectivity index (χ3n) is 8.30. The number of methoxy groups -OCH3 is 2. The molecule has 2 aromatic carbocycles. The Balaban J connectivity index is 1.24. The molecule has 9 nitrogen and oxygen atoms in total. The van der Waals surface area contributed by atoms with Crippen LogP contribution in [0.3, 0.4) is 0 Å². The molecule has 216 valence electrons. The van der Waals surface area contributed by atoms with E-state index in [4.69, 9.17) is 9.47 Å². The lowest BCUT2D eigenvalue weighted by Crippen LogP contribution is -2.47. The van der Waals surface area contributed by atoms with Gasteiger partial charge in [0.25, 0.3) is 0 Å². The second kappa shape index (κ2) is 13.0. The Bertz CT molecular complexity index is 1330. The zero-order valence-corrected chi connectivity index (χ0v) is 24.2. The highest BCUT2D eigenvalue weighted by Gasteiger charge is 2.34. The van der Waals surface area contributed by atoms with Crippen LogP contribution >= 0.6 is 0 Å². The standard InChI is InChI=1S/C32H39N5O4/c1-23(24-9-5-4-6-10-24)37(32(39)25-11-7-12-25)22-31(38)36-18-8-17-35(19-20-36)30-16-15-28(33-34-30)27-14-13-26(40-2)21-29(27)41-3/h4-6,9-10,13-16,21,23,25H,7-8,11-12,17-20,22H2,1-3H3/t23-/m1/s1. The van der Waals surface area contributed by atoms with Gasteiger partial charge < -0.3 is 24.2 Å².